The van der Waals surface area contributed by atoms with Crippen molar-refractivity contribution in [3.8, 4) is 17.2 Å². The molecule has 0 unspecified atom stereocenters. The van der Waals surface area contributed by atoms with Gasteiger partial charge < -0.3 is 19.1 Å². The fourth-order valence-electron chi connectivity index (χ4n) is 3.48. The van der Waals surface area contributed by atoms with Gasteiger partial charge >= 0.3 is 0 Å². The number of aromatic nitrogens is 2. The number of amides is 1. The molecule has 3 aromatic rings. The van der Waals surface area contributed by atoms with E-state index in [2.05, 4.69) is 5.10 Å². The highest BCUT2D eigenvalue weighted by Crippen LogP contribution is 2.33. The number of hydrogen-bond acceptors (Lipinski definition) is 5. The van der Waals surface area contributed by atoms with Crippen molar-refractivity contribution in [3.05, 3.63) is 71.0 Å². The third-order valence-corrected chi connectivity index (χ3v) is 5.28. The van der Waals surface area contributed by atoms with Gasteiger partial charge in [-0.1, -0.05) is 24.3 Å². The number of rotatable bonds is 7. The topological polar surface area (TPSA) is 65.8 Å². The Labute approximate surface area is 175 Å². The Balaban J connectivity index is 1.54. The summed E-state index contributed by atoms with van der Waals surface area (Å²) in [5.41, 5.74) is 3.97. The summed E-state index contributed by atoms with van der Waals surface area (Å²) in [6, 6.07) is 15.1. The number of carbonyl (C=O) groups is 1. The van der Waals surface area contributed by atoms with Gasteiger partial charge in [0.2, 0.25) is 6.79 Å². The molecule has 1 amide bonds. The predicted molar refractivity (Wildman–Crippen MR) is 111 cm³/mol. The monoisotopic (exact) mass is 407 g/mol. The van der Waals surface area contributed by atoms with E-state index < -0.39 is 0 Å². The van der Waals surface area contributed by atoms with E-state index in [-0.39, 0.29) is 19.3 Å². The van der Waals surface area contributed by atoms with Gasteiger partial charge in [-0.2, -0.15) is 5.10 Å². The quantitative estimate of drug-likeness (QED) is 0.601. The van der Waals surface area contributed by atoms with Crippen LogP contribution in [0.15, 0.2) is 48.5 Å². The van der Waals surface area contributed by atoms with Gasteiger partial charge in [-0.15, -0.1) is 0 Å². The van der Waals surface area contributed by atoms with E-state index >= 15 is 0 Å². The molecule has 7 heteroatoms. The smallest absolute Gasteiger partial charge is 0.261 e. The number of benzene rings is 2. The van der Waals surface area contributed by atoms with Gasteiger partial charge in [0.25, 0.3) is 5.91 Å². The molecule has 0 spiro atoms. The minimum absolute atomic E-state index is 0.0348. The number of fused-ring (bicyclic) bond motifs is 1. The molecule has 4 rings (SSSR count). The summed E-state index contributed by atoms with van der Waals surface area (Å²) < 4.78 is 18.4. The average molecular weight is 407 g/mol. The molecule has 1 aromatic heterocycles. The molecule has 2 aromatic carbocycles. The second kappa shape index (κ2) is 8.49. The summed E-state index contributed by atoms with van der Waals surface area (Å²) in [4.78, 5) is 14.9. The number of aryl methyl sites for hydroxylation is 2. The number of para-hydroxylation sites is 1. The number of hydrogen-bond donors (Lipinski definition) is 0. The zero-order chi connectivity index (χ0) is 21.1. The van der Waals surface area contributed by atoms with E-state index in [9.17, 15) is 4.79 Å². The Morgan fingerprint density at radius 3 is 2.60 bits per heavy atom. The summed E-state index contributed by atoms with van der Waals surface area (Å²) >= 11 is 0. The highest BCUT2D eigenvalue weighted by Gasteiger charge is 2.21. The third kappa shape index (κ3) is 4.25. The van der Waals surface area contributed by atoms with Gasteiger partial charge in [0.05, 0.1) is 5.69 Å². The zero-order valence-electron chi connectivity index (χ0n) is 17.4. The molecule has 156 valence electrons. The van der Waals surface area contributed by atoms with Crippen molar-refractivity contribution < 1.29 is 19.0 Å². The first kappa shape index (κ1) is 19.8. The molecule has 0 saturated heterocycles. The fraction of sp³-hybridized carbons (Fsp3) is 0.304. The van der Waals surface area contributed by atoms with Crippen molar-refractivity contribution >= 4 is 5.91 Å². The maximum Gasteiger partial charge on any atom is 0.261 e. The lowest BCUT2D eigenvalue weighted by Gasteiger charge is -2.23. The Morgan fingerprint density at radius 2 is 1.87 bits per heavy atom. The Kier molecular flexibility index (Phi) is 5.61. The molecule has 2 heterocycles. The molecule has 0 bridgehead atoms. The van der Waals surface area contributed by atoms with Crippen LogP contribution in [-0.4, -0.2) is 34.0 Å². The number of nitrogens with zero attached hydrogens (tertiary/aromatic N) is 3. The van der Waals surface area contributed by atoms with E-state index in [0.29, 0.717) is 24.6 Å². The summed E-state index contributed by atoms with van der Waals surface area (Å²) in [6.45, 7) is 5.05. The summed E-state index contributed by atoms with van der Waals surface area (Å²) in [6.07, 6.45) is 0. The highest BCUT2D eigenvalue weighted by atomic mass is 16.7. The SMILES string of the molecule is Cc1nn(C)c(C)c1CN(Cc1ccc2c(c1)OCO2)C(=O)COc1ccccc1. The number of ether oxygens (including phenoxy) is 3. The minimum Gasteiger partial charge on any atom is -0.484 e. The molecule has 0 N–H and O–H groups in total. The Hall–Kier alpha value is -3.48. The van der Waals surface area contributed by atoms with Gasteiger partial charge in [-0.05, 0) is 43.7 Å². The molecular formula is C23H25N3O4. The van der Waals surface area contributed by atoms with Crippen molar-refractivity contribution in [1.82, 2.24) is 14.7 Å². The third-order valence-electron chi connectivity index (χ3n) is 5.28. The first-order valence-electron chi connectivity index (χ1n) is 9.84. The van der Waals surface area contributed by atoms with Crippen molar-refractivity contribution in [1.29, 1.82) is 0 Å². The first-order valence-corrected chi connectivity index (χ1v) is 9.84. The summed E-state index contributed by atoms with van der Waals surface area (Å²) in [7, 11) is 1.91. The molecule has 1 aliphatic heterocycles. The van der Waals surface area contributed by atoms with Crippen LogP contribution in [0.4, 0.5) is 0 Å². The van der Waals surface area contributed by atoms with Crippen molar-refractivity contribution in [2.75, 3.05) is 13.4 Å². The van der Waals surface area contributed by atoms with Gasteiger partial charge in [0, 0.05) is 31.4 Å². The predicted octanol–water partition coefficient (Wildman–Crippen LogP) is 3.37. The van der Waals surface area contributed by atoms with Crippen LogP contribution in [0.1, 0.15) is 22.5 Å². The maximum absolute atomic E-state index is 13.1. The lowest BCUT2D eigenvalue weighted by molar-refractivity contribution is -0.134. The van der Waals surface area contributed by atoms with Crippen LogP contribution in [0.25, 0.3) is 0 Å². The lowest BCUT2D eigenvalue weighted by Crippen LogP contribution is -2.34. The minimum atomic E-state index is -0.0980. The highest BCUT2D eigenvalue weighted by molar-refractivity contribution is 5.78. The van der Waals surface area contributed by atoms with Gasteiger partial charge in [0.1, 0.15) is 5.75 Å². The molecule has 0 aliphatic carbocycles. The van der Waals surface area contributed by atoms with E-state index in [1.54, 1.807) is 4.90 Å². The van der Waals surface area contributed by atoms with Crippen LogP contribution in [0, 0.1) is 13.8 Å². The lowest BCUT2D eigenvalue weighted by atomic mass is 10.1. The molecule has 0 atom stereocenters. The van der Waals surface area contributed by atoms with Crippen molar-refractivity contribution in [3.63, 3.8) is 0 Å². The molecule has 1 aliphatic rings. The fourth-order valence-corrected chi connectivity index (χ4v) is 3.48. The van der Waals surface area contributed by atoms with Gasteiger partial charge in [-0.3, -0.25) is 9.48 Å². The van der Waals surface area contributed by atoms with Crippen molar-refractivity contribution in [2.24, 2.45) is 7.05 Å². The van der Waals surface area contributed by atoms with E-state index in [0.717, 1.165) is 28.3 Å². The largest absolute Gasteiger partial charge is 0.484 e. The first-order chi connectivity index (χ1) is 14.5. The second-order valence-electron chi connectivity index (χ2n) is 7.31. The van der Waals surface area contributed by atoms with Crippen molar-refractivity contribution in [2.45, 2.75) is 26.9 Å². The summed E-state index contributed by atoms with van der Waals surface area (Å²) in [5, 5.41) is 4.48. The van der Waals surface area contributed by atoms with E-state index in [4.69, 9.17) is 14.2 Å². The normalized spacial score (nSPS) is 12.1. The maximum atomic E-state index is 13.1. The number of carbonyl (C=O) groups excluding carboxylic acids is 1. The Morgan fingerprint density at radius 1 is 1.10 bits per heavy atom. The van der Waals surface area contributed by atoms with E-state index in [1.165, 1.54) is 0 Å². The standard InChI is InChI=1S/C23H25N3O4/c1-16-20(17(2)25(3)24-16)13-26(23(27)14-28-19-7-5-4-6-8-19)12-18-9-10-21-22(11-18)30-15-29-21/h4-11H,12-15H2,1-3H3. The zero-order valence-corrected chi connectivity index (χ0v) is 17.4. The molecular weight excluding hydrogens is 382 g/mol. The second-order valence-corrected chi connectivity index (χ2v) is 7.31. The molecule has 0 fully saturated rings. The van der Waals surface area contributed by atoms with Crippen LogP contribution in [0.3, 0.4) is 0 Å². The van der Waals surface area contributed by atoms with Crippen LogP contribution < -0.4 is 14.2 Å². The molecule has 0 saturated carbocycles. The van der Waals surface area contributed by atoms with Crippen LogP contribution in [-0.2, 0) is 24.9 Å². The average Bonchev–Trinajstić information content (AvgIpc) is 3.31. The van der Waals surface area contributed by atoms with Gasteiger partial charge in [-0.25, -0.2) is 0 Å². The Bertz CT molecular complexity index is 1050. The van der Waals surface area contributed by atoms with Gasteiger partial charge in [0.15, 0.2) is 18.1 Å². The van der Waals surface area contributed by atoms with Crippen LogP contribution in [0.2, 0.25) is 0 Å². The summed E-state index contributed by atoms with van der Waals surface area (Å²) in [5.74, 6) is 2.00. The molecule has 0 radical (unpaired) electrons. The van der Waals surface area contributed by atoms with Crippen LogP contribution in [0.5, 0.6) is 17.2 Å². The van der Waals surface area contributed by atoms with Crippen LogP contribution >= 0.6 is 0 Å². The molecule has 7 nitrogen and oxygen atoms in total. The molecule has 30 heavy (non-hydrogen) atoms. The van der Waals surface area contributed by atoms with E-state index in [1.807, 2.05) is 74.1 Å².